The number of aliphatic hydroxyl groups excluding tert-OH is 2. The third kappa shape index (κ3) is 9.01. The minimum Gasteiger partial charge on any atom is -0.494 e. The summed E-state index contributed by atoms with van der Waals surface area (Å²) >= 11 is 6.64. The largest absolute Gasteiger partial charge is 0.494 e. The maximum atomic E-state index is 15.1. The van der Waals surface area contributed by atoms with Crippen LogP contribution in [-0.2, 0) is 44.2 Å². The van der Waals surface area contributed by atoms with Crippen molar-refractivity contribution in [1.82, 2.24) is 10.2 Å². The van der Waals surface area contributed by atoms with Crippen molar-refractivity contribution in [3.8, 4) is 5.75 Å². The van der Waals surface area contributed by atoms with E-state index in [0.717, 1.165) is 34.5 Å². The summed E-state index contributed by atoms with van der Waals surface area (Å²) in [5.41, 5.74) is 3.42. The molecule has 1 fully saturated rings. The number of unbranched alkanes of at least 4 members (excludes halogenated alkanes) is 1. The number of fused-ring (bicyclic) bond motifs is 3. The Kier molecular flexibility index (Phi) is 13.7. The van der Waals surface area contributed by atoms with E-state index >= 15 is 4.79 Å². The van der Waals surface area contributed by atoms with Crippen LogP contribution in [0, 0.1) is 5.92 Å². The highest BCUT2D eigenvalue weighted by Gasteiger charge is 2.66. The Morgan fingerprint density at radius 1 is 0.967 bits per heavy atom. The van der Waals surface area contributed by atoms with Gasteiger partial charge in [0.25, 0.3) is 5.91 Å². The second kappa shape index (κ2) is 18.8. The van der Waals surface area contributed by atoms with Crippen LogP contribution >= 0.6 is 11.6 Å². The van der Waals surface area contributed by atoms with Crippen molar-refractivity contribution in [3.63, 3.8) is 0 Å². The van der Waals surface area contributed by atoms with Crippen molar-refractivity contribution in [3.05, 3.63) is 118 Å². The van der Waals surface area contributed by atoms with Gasteiger partial charge in [0.1, 0.15) is 5.75 Å². The number of carbonyl (C=O) groups is 3. The molecule has 61 heavy (non-hydrogen) atoms. The van der Waals surface area contributed by atoms with Crippen molar-refractivity contribution in [2.45, 2.75) is 89.0 Å². The molecule has 3 heterocycles. The van der Waals surface area contributed by atoms with Crippen molar-refractivity contribution in [2.75, 3.05) is 42.7 Å². The molecule has 7 rings (SSSR count). The summed E-state index contributed by atoms with van der Waals surface area (Å²) in [5, 5.41) is 23.0. The molecule has 3 aliphatic heterocycles. The lowest BCUT2D eigenvalue weighted by Crippen LogP contribution is -2.49. The molecule has 5 atom stereocenters. The van der Waals surface area contributed by atoms with Crippen molar-refractivity contribution in [1.29, 1.82) is 0 Å². The van der Waals surface area contributed by atoms with Crippen molar-refractivity contribution < 1.29 is 38.9 Å². The first-order valence-electron chi connectivity index (χ1n) is 21.3. The molecule has 4 N–H and O–H groups in total. The Balaban J connectivity index is 1.16. The maximum absolute atomic E-state index is 15.1. The standard InChI is InChI=1S/C47H57ClN4O8Si/c1-5-59-37-18-20-40-34(25-37)26-39(49-21-9-10-23-53)45(56)52(40)36-16-13-33(14-17-36)30-51-41-19-15-35(48)27-38(41)47(46(51)57)31(2)44(61(3,4)58)42(60-47)28-43(55)50(22-24-54)29-32-11-7-6-8-12-32/h6-8,11-20,25,27,31,39,42,44,49,53-54,58H,5,9-10,21-24,26,28-30H2,1-4H3/t31-,39?,42+,44-,47+/m1/s1. The first kappa shape index (κ1) is 44.5. The quantitative estimate of drug-likeness (QED) is 0.0694. The van der Waals surface area contributed by atoms with Gasteiger partial charge in [0, 0.05) is 47.4 Å². The fourth-order valence-electron chi connectivity index (χ4n) is 9.58. The average molecular weight is 870 g/mol. The Morgan fingerprint density at radius 2 is 1.70 bits per heavy atom. The third-order valence-electron chi connectivity index (χ3n) is 12.3. The number of carbonyl (C=O) groups excluding carboxylic acids is 3. The highest BCUT2D eigenvalue weighted by molar-refractivity contribution is 6.71. The molecule has 0 aromatic heterocycles. The number of amides is 3. The third-order valence-corrected chi connectivity index (χ3v) is 15.1. The fourth-order valence-corrected chi connectivity index (χ4v) is 12.3. The van der Waals surface area contributed by atoms with Crippen molar-refractivity contribution in [2.24, 2.45) is 5.92 Å². The zero-order valence-corrected chi connectivity index (χ0v) is 37.1. The van der Waals surface area contributed by atoms with Crippen LogP contribution in [-0.4, -0.2) is 91.0 Å². The number of hydrogen-bond acceptors (Lipinski definition) is 9. The number of anilines is 3. The molecule has 3 aliphatic rings. The number of benzene rings is 4. The van der Waals surface area contributed by atoms with E-state index < -0.39 is 37.5 Å². The zero-order chi connectivity index (χ0) is 43.5. The second-order valence-electron chi connectivity index (χ2n) is 16.8. The number of nitrogens with one attached hydrogen (secondary N) is 1. The minimum atomic E-state index is -3.08. The number of aliphatic hydroxyl groups is 2. The van der Waals surface area contributed by atoms with E-state index in [2.05, 4.69) is 5.32 Å². The van der Waals surface area contributed by atoms with E-state index in [1.807, 2.05) is 106 Å². The van der Waals surface area contributed by atoms with Crippen LogP contribution in [0.25, 0.3) is 0 Å². The van der Waals surface area contributed by atoms with Gasteiger partial charge in [-0.1, -0.05) is 61.0 Å². The van der Waals surface area contributed by atoms with Crippen LogP contribution in [0.15, 0.2) is 91.0 Å². The van der Waals surface area contributed by atoms with Crippen LogP contribution in [0.4, 0.5) is 17.1 Å². The number of ether oxygens (including phenoxy) is 2. The highest BCUT2D eigenvalue weighted by atomic mass is 35.5. The molecule has 12 nitrogen and oxygen atoms in total. The molecule has 1 spiro atoms. The lowest BCUT2D eigenvalue weighted by atomic mass is 9.82. The molecule has 0 aliphatic carbocycles. The van der Waals surface area contributed by atoms with E-state index in [9.17, 15) is 24.6 Å². The number of rotatable bonds is 17. The first-order chi connectivity index (χ1) is 29.3. The highest BCUT2D eigenvalue weighted by Crippen LogP contribution is 2.60. The monoisotopic (exact) mass is 868 g/mol. The molecule has 324 valence electrons. The second-order valence-corrected chi connectivity index (χ2v) is 21.3. The van der Waals surface area contributed by atoms with Gasteiger partial charge in [0.05, 0.1) is 49.7 Å². The smallest absolute Gasteiger partial charge is 0.264 e. The summed E-state index contributed by atoms with van der Waals surface area (Å²) in [6.45, 7) is 9.13. The molecule has 0 radical (unpaired) electrons. The summed E-state index contributed by atoms with van der Waals surface area (Å²) in [6, 6.07) is 27.8. The van der Waals surface area contributed by atoms with Crippen LogP contribution < -0.4 is 19.9 Å². The van der Waals surface area contributed by atoms with Gasteiger partial charge in [-0.25, -0.2) is 0 Å². The lowest BCUT2D eigenvalue weighted by Gasteiger charge is -2.35. The predicted molar refractivity (Wildman–Crippen MR) is 238 cm³/mol. The normalized spacial score (nSPS) is 22.2. The zero-order valence-electron chi connectivity index (χ0n) is 35.4. The number of halogens is 1. The van der Waals surface area contributed by atoms with Gasteiger partial charge < -0.3 is 39.6 Å². The molecule has 4 aromatic rings. The van der Waals surface area contributed by atoms with Gasteiger partial charge in [-0.15, -0.1) is 0 Å². The summed E-state index contributed by atoms with van der Waals surface area (Å²) in [5.74, 6) is -0.386. The molecule has 0 bridgehead atoms. The van der Waals surface area contributed by atoms with Gasteiger partial charge in [0.15, 0.2) is 13.9 Å². The maximum Gasteiger partial charge on any atom is 0.264 e. The van der Waals surface area contributed by atoms with Gasteiger partial charge >= 0.3 is 0 Å². The topological polar surface area (TPSA) is 152 Å². The van der Waals surface area contributed by atoms with Gasteiger partial charge in [-0.2, -0.15) is 0 Å². The molecule has 1 unspecified atom stereocenters. The summed E-state index contributed by atoms with van der Waals surface area (Å²) < 4.78 is 12.7. The van der Waals surface area contributed by atoms with Gasteiger partial charge in [-0.3, -0.25) is 19.3 Å². The molecule has 3 amide bonds. The summed E-state index contributed by atoms with van der Waals surface area (Å²) in [7, 11) is -3.08. The van der Waals surface area contributed by atoms with E-state index in [-0.39, 0.29) is 50.4 Å². The first-order valence-corrected chi connectivity index (χ1v) is 24.7. The number of nitrogens with zero attached hydrogens (tertiary/aromatic N) is 3. The van der Waals surface area contributed by atoms with Crippen LogP contribution in [0.5, 0.6) is 5.75 Å². The molecule has 1 saturated heterocycles. The fraction of sp³-hybridized carbons (Fsp3) is 0.426. The minimum absolute atomic E-state index is 0.0739. The number of hydrogen-bond donors (Lipinski definition) is 4. The van der Waals surface area contributed by atoms with E-state index in [1.54, 1.807) is 26.8 Å². The predicted octanol–water partition coefficient (Wildman–Crippen LogP) is 6.45. The van der Waals surface area contributed by atoms with E-state index in [0.29, 0.717) is 54.5 Å². The van der Waals surface area contributed by atoms with Gasteiger partial charge in [-0.05, 0) is 111 Å². The Morgan fingerprint density at radius 3 is 2.39 bits per heavy atom. The molecule has 14 heteroatoms. The molecule has 0 saturated carbocycles. The Labute approximate surface area is 364 Å². The van der Waals surface area contributed by atoms with Gasteiger partial charge in [0.2, 0.25) is 11.8 Å². The lowest BCUT2D eigenvalue weighted by molar-refractivity contribution is -0.150. The SMILES string of the molecule is CCOc1ccc2c(c1)CC(NCCCCO)C(=O)N2c1ccc(CN2C(=O)[C@@]3(O[C@@H](CC(=O)N(CCO)Cc4ccccc4)[C@H]([Si](C)(C)O)[C@H]3C)c3cc(Cl)ccc32)cc1. The molecular weight excluding hydrogens is 812 g/mol. The Hall–Kier alpha value is -4.60. The van der Waals surface area contributed by atoms with Crippen LogP contribution in [0.1, 0.15) is 55.4 Å². The van der Waals surface area contributed by atoms with Crippen LogP contribution in [0.2, 0.25) is 23.7 Å². The average Bonchev–Trinajstić information content (AvgIpc) is 3.65. The summed E-state index contributed by atoms with van der Waals surface area (Å²) in [6.07, 6.45) is 1.05. The van der Waals surface area contributed by atoms with E-state index in [1.165, 1.54) is 0 Å². The van der Waals surface area contributed by atoms with Crippen molar-refractivity contribution >= 4 is 54.7 Å². The Bertz CT molecular complexity index is 2210. The van der Waals surface area contributed by atoms with Crippen LogP contribution in [0.3, 0.4) is 0 Å². The summed E-state index contributed by atoms with van der Waals surface area (Å²) in [4.78, 5) is 60.1. The van der Waals surface area contributed by atoms with E-state index in [4.69, 9.17) is 21.1 Å². The molecule has 4 aromatic carbocycles. The molecular formula is C47H57ClN4O8Si.